The second-order valence-electron chi connectivity index (χ2n) is 11.8. The van der Waals surface area contributed by atoms with Crippen LogP contribution in [-0.4, -0.2) is 19.3 Å². The monoisotopic (exact) mass is 598 g/mol. The quantitative estimate of drug-likeness (QED) is 0.191. The highest BCUT2D eigenvalue weighted by molar-refractivity contribution is 6.09. The van der Waals surface area contributed by atoms with Crippen LogP contribution in [0, 0.1) is 32.4 Å². The Balaban J connectivity index is 1.34. The molecule has 0 bridgehead atoms. The van der Waals surface area contributed by atoms with Gasteiger partial charge in [-0.25, -0.2) is 18.4 Å². The van der Waals surface area contributed by atoms with E-state index in [1.165, 1.54) is 18.2 Å². The minimum atomic E-state index is -0.616. The van der Waals surface area contributed by atoms with Crippen molar-refractivity contribution in [2.24, 2.45) is 0 Å². The predicted octanol–water partition coefficient (Wildman–Crippen LogP) is 10.2. The number of benzene rings is 4. The summed E-state index contributed by atoms with van der Waals surface area (Å²) in [6.07, 6.45) is 1.83. The van der Waals surface area contributed by atoms with Gasteiger partial charge in [-0.05, 0) is 92.4 Å². The van der Waals surface area contributed by atoms with Crippen molar-refractivity contribution in [3.63, 3.8) is 0 Å². The van der Waals surface area contributed by atoms with Crippen molar-refractivity contribution in [1.82, 2.24) is 19.3 Å². The van der Waals surface area contributed by atoms with Gasteiger partial charge in [0.1, 0.15) is 29.0 Å². The predicted molar refractivity (Wildman–Crippen MR) is 176 cm³/mol. The minimum Gasteiger partial charge on any atom is -0.457 e. The molecule has 7 heteroatoms. The Hall–Kier alpha value is -5.30. The molecule has 0 atom stereocenters. The maximum atomic E-state index is 14.8. The van der Waals surface area contributed by atoms with Crippen molar-refractivity contribution in [3.05, 3.63) is 131 Å². The van der Waals surface area contributed by atoms with Crippen LogP contribution in [0.1, 0.15) is 42.3 Å². The molecule has 0 aliphatic heterocycles. The van der Waals surface area contributed by atoms with Crippen LogP contribution in [0.15, 0.2) is 97.2 Å². The average Bonchev–Trinajstić information content (AvgIpc) is 3.50. The number of hydrogen-bond donors (Lipinski definition) is 0. The molecule has 0 amide bonds. The summed E-state index contributed by atoms with van der Waals surface area (Å²) in [5.74, 6) is 1.12. The Bertz CT molecular complexity index is 2230. The minimum absolute atomic E-state index is 0.0676. The summed E-state index contributed by atoms with van der Waals surface area (Å²) in [4.78, 5) is 4.69. The number of fused-ring (bicyclic) bond motifs is 3. The summed E-state index contributed by atoms with van der Waals surface area (Å²) in [5, 5.41) is 6.96. The number of halogens is 2. The molecule has 7 aromatic rings. The van der Waals surface area contributed by atoms with Crippen LogP contribution in [0.3, 0.4) is 0 Å². The van der Waals surface area contributed by atoms with Crippen LogP contribution in [0.5, 0.6) is 11.5 Å². The Kier molecular flexibility index (Phi) is 6.96. The number of aryl methyl sites for hydroxylation is 2. The van der Waals surface area contributed by atoms with Gasteiger partial charge in [0.2, 0.25) is 0 Å². The van der Waals surface area contributed by atoms with E-state index in [1.807, 2.05) is 61.7 Å². The highest BCUT2D eigenvalue weighted by Gasteiger charge is 2.22. The number of aromatic nitrogens is 4. The van der Waals surface area contributed by atoms with E-state index < -0.39 is 11.6 Å². The van der Waals surface area contributed by atoms with Gasteiger partial charge in [-0.15, -0.1) is 0 Å². The van der Waals surface area contributed by atoms with E-state index in [2.05, 4.69) is 54.6 Å². The molecule has 0 radical (unpaired) electrons. The molecule has 0 N–H and O–H groups in total. The molecule has 0 aliphatic carbocycles. The highest BCUT2D eigenvalue weighted by Crippen LogP contribution is 2.37. The summed E-state index contributed by atoms with van der Waals surface area (Å²) < 4.78 is 40.1. The first-order valence-electron chi connectivity index (χ1n) is 15.0. The second-order valence-corrected chi connectivity index (χ2v) is 11.8. The van der Waals surface area contributed by atoms with Crippen LogP contribution in [0.4, 0.5) is 8.78 Å². The molecule has 0 unspecified atom stereocenters. The van der Waals surface area contributed by atoms with Gasteiger partial charge in [0.05, 0.1) is 28.0 Å². The van der Waals surface area contributed by atoms with E-state index in [9.17, 15) is 8.78 Å². The van der Waals surface area contributed by atoms with Gasteiger partial charge >= 0.3 is 0 Å². The number of pyridine rings is 1. The molecule has 224 valence electrons. The molecule has 4 aromatic carbocycles. The maximum absolute atomic E-state index is 14.8. The van der Waals surface area contributed by atoms with Crippen LogP contribution in [0.2, 0.25) is 0 Å². The second kappa shape index (κ2) is 11.0. The fourth-order valence-corrected chi connectivity index (χ4v) is 6.15. The van der Waals surface area contributed by atoms with Crippen molar-refractivity contribution >= 4 is 21.8 Å². The van der Waals surface area contributed by atoms with Crippen LogP contribution in [0.25, 0.3) is 44.4 Å². The van der Waals surface area contributed by atoms with Gasteiger partial charge in [-0.2, -0.15) is 5.10 Å². The van der Waals surface area contributed by atoms with Crippen LogP contribution >= 0.6 is 0 Å². The van der Waals surface area contributed by atoms with E-state index in [1.54, 1.807) is 11.6 Å². The lowest BCUT2D eigenvalue weighted by molar-refractivity contribution is 0.481. The Morgan fingerprint density at radius 3 is 2.22 bits per heavy atom. The lowest BCUT2D eigenvalue weighted by Gasteiger charge is -2.15. The van der Waals surface area contributed by atoms with Crippen molar-refractivity contribution in [2.75, 3.05) is 0 Å². The smallest absolute Gasteiger partial charge is 0.137 e. The third-order valence-electron chi connectivity index (χ3n) is 8.34. The van der Waals surface area contributed by atoms with Gasteiger partial charge in [0.25, 0.3) is 0 Å². The molecule has 0 spiro atoms. The lowest BCUT2D eigenvalue weighted by atomic mass is 10.0. The first kappa shape index (κ1) is 28.5. The van der Waals surface area contributed by atoms with Crippen molar-refractivity contribution in [2.45, 2.75) is 40.5 Å². The summed E-state index contributed by atoms with van der Waals surface area (Å²) >= 11 is 0. The van der Waals surface area contributed by atoms with Gasteiger partial charge in [-0.3, -0.25) is 4.57 Å². The Labute approximate surface area is 260 Å². The van der Waals surface area contributed by atoms with E-state index in [-0.39, 0.29) is 11.5 Å². The average molecular weight is 599 g/mol. The summed E-state index contributed by atoms with van der Waals surface area (Å²) in [5.41, 5.74) is 6.54. The van der Waals surface area contributed by atoms with Crippen molar-refractivity contribution in [3.8, 4) is 34.1 Å². The van der Waals surface area contributed by atoms with Gasteiger partial charge in [0, 0.05) is 40.4 Å². The first-order valence-corrected chi connectivity index (χ1v) is 15.0. The van der Waals surface area contributed by atoms with Crippen LogP contribution in [-0.2, 0) is 0 Å². The molecule has 3 heterocycles. The zero-order valence-corrected chi connectivity index (χ0v) is 25.8. The number of hydrogen-bond acceptors (Lipinski definition) is 3. The molecule has 0 fully saturated rings. The molecule has 3 aromatic heterocycles. The first-order chi connectivity index (χ1) is 21.7. The lowest BCUT2D eigenvalue weighted by Crippen LogP contribution is -2.02. The third-order valence-corrected chi connectivity index (χ3v) is 8.34. The number of nitrogens with zero attached hydrogens (tertiary/aromatic N) is 4. The summed E-state index contributed by atoms with van der Waals surface area (Å²) in [6, 6.07) is 28.4. The van der Waals surface area contributed by atoms with E-state index in [0.29, 0.717) is 28.5 Å². The van der Waals surface area contributed by atoms with E-state index >= 15 is 0 Å². The van der Waals surface area contributed by atoms with Crippen molar-refractivity contribution < 1.29 is 13.5 Å². The normalized spacial score (nSPS) is 11.6. The molecular formula is C38H32F2N4O. The zero-order valence-electron chi connectivity index (χ0n) is 25.8. The molecule has 0 aliphatic rings. The fraction of sp³-hybridized carbons (Fsp3) is 0.158. The van der Waals surface area contributed by atoms with E-state index in [4.69, 9.17) is 9.84 Å². The van der Waals surface area contributed by atoms with Gasteiger partial charge < -0.3 is 4.74 Å². The Morgan fingerprint density at radius 2 is 1.47 bits per heavy atom. The standard InChI is InChI=1S/C38H32F2N4O/c1-22(2)26-18-27(44-25(5)37(24(4)42-44)38-32(39)10-8-11-33(38)40)20-29(19-26)45-28-13-14-31-30-9-6-7-12-34(30)43(35(31)21-28)36-17-23(3)15-16-41-36/h6-22H,1-5H3. The van der Waals surface area contributed by atoms with E-state index in [0.717, 1.165) is 44.4 Å². The number of rotatable bonds is 6. The number of para-hydroxylation sites is 1. The van der Waals surface area contributed by atoms with Gasteiger partial charge in [0.15, 0.2) is 0 Å². The van der Waals surface area contributed by atoms with Crippen molar-refractivity contribution in [1.29, 1.82) is 0 Å². The highest BCUT2D eigenvalue weighted by atomic mass is 19.1. The SMILES string of the molecule is Cc1ccnc(-n2c3ccccc3c3ccc(Oc4cc(C(C)C)cc(-n5nc(C)c(-c6c(F)cccc6F)c5C)c4)cc32)c1. The molecular weight excluding hydrogens is 566 g/mol. The zero-order chi connectivity index (χ0) is 31.4. The third kappa shape index (κ3) is 4.94. The summed E-state index contributed by atoms with van der Waals surface area (Å²) in [7, 11) is 0. The van der Waals surface area contributed by atoms with Gasteiger partial charge in [-0.1, -0.05) is 38.1 Å². The Morgan fingerprint density at radius 1 is 0.711 bits per heavy atom. The summed E-state index contributed by atoms with van der Waals surface area (Å²) in [6.45, 7) is 9.89. The number of ether oxygens (including phenoxy) is 1. The largest absolute Gasteiger partial charge is 0.457 e. The molecule has 45 heavy (non-hydrogen) atoms. The molecule has 0 saturated heterocycles. The molecule has 7 rings (SSSR count). The maximum Gasteiger partial charge on any atom is 0.137 e. The fourth-order valence-electron chi connectivity index (χ4n) is 6.15. The topological polar surface area (TPSA) is 44.9 Å². The molecule has 5 nitrogen and oxygen atoms in total. The molecule has 0 saturated carbocycles. The van der Waals surface area contributed by atoms with Crippen LogP contribution < -0.4 is 4.74 Å².